The van der Waals surface area contributed by atoms with Crippen LogP contribution in [0.25, 0.3) is 0 Å². The van der Waals surface area contributed by atoms with Gasteiger partial charge in [-0.1, -0.05) is 43.7 Å². The summed E-state index contributed by atoms with van der Waals surface area (Å²) < 4.78 is 0. The average Bonchev–Trinajstić information content (AvgIpc) is 2.40. The fourth-order valence-corrected chi connectivity index (χ4v) is 2.99. The van der Waals surface area contributed by atoms with Gasteiger partial charge in [0.2, 0.25) is 0 Å². The lowest BCUT2D eigenvalue weighted by molar-refractivity contribution is 0.157. The quantitative estimate of drug-likeness (QED) is 0.754. The molecule has 0 N–H and O–H groups in total. The second-order valence-electron chi connectivity index (χ2n) is 5.48. The number of hydrogen-bond donors (Lipinski definition) is 0. The average molecular weight is 231 g/mol. The number of rotatable bonds is 4. The summed E-state index contributed by atoms with van der Waals surface area (Å²) in [6.45, 7) is 3.43. The smallest absolute Gasteiger partial charge is 0.0233 e. The van der Waals surface area contributed by atoms with Crippen molar-refractivity contribution in [1.29, 1.82) is 0 Å². The van der Waals surface area contributed by atoms with Crippen molar-refractivity contribution >= 4 is 0 Å². The van der Waals surface area contributed by atoms with E-state index in [0.29, 0.717) is 0 Å². The molecule has 1 saturated carbocycles. The van der Waals surface area contributed by atoms with E-state index in [9.17, 15) is 0 Å². The van der Waals surface area contributed by atoms with E-state index in [1.807, 2.05) is 0 Å². The lowest BCUT2D eigenvalue weighted by Crippen LogP contribution is -2.34. The van der Waals surface area contributed by atoms with Gasteiger partial charge >= 0.3 is 0 Å². The molecule has 94 valence electrons. The third kappa shape index (κ3) is 3.57. The first kappa shape index (κ1) is 12.6. The van der Waals surface area contributed by atoms with Crippen LogP contribution in [0.2, 0.25) is 0 Å². The van der Waals surface area contributed by atoms with E-state index in [-0.39, 0.29) is 0 Å². The second-order valence-corrected chi connectivity index (χ2v) is 5.48. The van der Waals surface area contributed by atoms with Gasteiger partial charge in [-0.15, -0.1) is 0 Å². The number of nitrogens with zero attached hydrogens (tertiary/aromatic N) is 1. The Morgan fingerprint density at radius 3 is 2.29 bits per heavy atom. The van der Waals surface area contributed by atoms with Crippen LogP contribution in [-0.2, 0) is 6.54 Å². The third-order valence-corrected chi connectivity index (χ3v) is 4.29. The molecule has 0 radical (unpaired) electrons. The van der Waals surface area contributed by atoms with Gasteiger partial charge in [-0.2, -0.15) is 0 Å². The zero-order valence-corrected chi connectivity index (χ0v) is 11.2. The van der Waals surface area contributed by atoms with Crippen molar-refractivity contribution in [3.8, 4) is 0 Å². The summed E-state index contributed by atoms with van der Waals surface area (Å²) >= 11 is 0. The number of benzene rings is 1. The van der Waals surface area contributed by atoms with Crippen molar-refractivity contribution in [3.63, 3.8) is 0 Å². The molecule has 17 heavy (non-hydrogen) atoms. The Labute approximate surface area is 106 Å². The van der Waals surface area contributed by atoms with Crippen molar-refractivity contribution in [2.45, 2.75) is 51.6 Å². The van der Waals surface area contributed by atoms with E-state index in [1.165, 1.54) is 37.7 Å². The first-order valence-electron chi connectivity index (χ1n) is 7.03. The van der Waals surface area contributed by atoms with Gasteiger partial charge in [0.15, 0.2) is 0 Å². The zero-order chi connectivity index (χ0) is 12.1. The summed E-state index contributed by atoms with van der Waals surface area (Å²) in [5, 5.41) is 0. The molecule has 0 heterocycles. The minimum absolute atomic E-state index is 0.804. The minimum atomic E-state index is 0.804. The van der Waals surface area contributed by atoms with Crippen LogP contribution in [0.4, 0.5) is 0 Å². The Morgan fingerprint density at radius 2 is 1.71 bits per heavy atom. The van der Waals surface area contributed by atoms with E-state index < -0.39 is 0 Å². The van der Waals surface area contributed by atoms with Crippen LogP contribution in [0.1, 0.15) is 44.6 Å². The molecule has 0 aliphatic heterocycles. The Balaban J connectivity index is 1.83. The highest BCUT2D eigenvalue weighted by Crippen LogP contribution is 2.29. The van der Waals surface area contributed by atoms with Gasteiger partial charge < -0.3 is 0 Å². The predicted octanol–water partition coefficient (Wildman–Crippen LogP) is 4.09. The molecule has 0 saturated heterocycles. The van der Waals surface area contributed by atoms with Crippen LogP contribution in [0.3, 0.4) is 0 Å². The molecule has 1 aliphatic carbocycles. The fourth-order valence-electron chi connectivity index (χ4n) is 2.99. The summed E-state index contributed by atoms with van der Waals surface area (Å²) in [7, 11) is 2.28. The topological polar surface area (TPSA) is 3.24 Å². The van der Waals surface area contributed by atoms with Crippen LogP contribution in [0, 0.1) is 5.92 Å². The van der Waals surface area contributed by atoms with E-state index in [1.54, 1.807) is 0 Å². The summed E-state index contributed by atoms with van der Waals surface area (Å²) in [6, 6.07) is 11.6. The predicted molar refractivity (Wildman–Crippen MR) is 73.9 cm³/mol. The minimum Gasteiger partial charge on any atom is -0.299 e. The van der Waals surface area contributed by atoms with Crippen molar-refractivity contribution < 1.29 is 0 Å². The van der Waals surface area contributed by atoms with Gasteiger partial charge in [-0.25, -0.2) is 0 Å². The molecule has 1 aliphatic rings. The number of hydrogen-bond acceptors (Lipinski definition) is 1. The molecule has 1 fully saturated rings. The SMILES string of the molecule is CCC1CCC(N(C)Cc2ccccc2)CC1. The molecule has 0 aromatic heterocycles. The Kier molecular flexibility index (Phi) is 4.61. The maximum absolute atomic E-state index is 2.54. The largest absolute Gasteiger partial charge is 0.299 e. The van der Waals surface area contributed by atoms with Gasteiger partial charge in [-0.3, -0.25) is 4.90 Å². The molecular weight excluding hydrogens is 206 g/mol. The monoisotopic (exact) mass is 231 g/mol. The van der Waals surface area contributed by atoms with E-state index in [2.05, 4.69) is 49.2 Å². The Morgan fingerprint density at radius 1 is 1.06 bits per heavy atom. The Bertz CT molecular complexity index is 312. The fraction of sp³-hybridized carbons (Fsp3) is 0.625. The maximum Gasteiger partial charge on any atom is 0.0233 e. The summed E-state index contributed by atoms with van der Waals surface area (Å²) in [6.07, 6.45) is 7.01. The van der Waals surface area contributed by atoms with E-state index >= 15 is 0 Å². The molecule has 0 spiro atoms. The Hall–Kier alpha value is -0.820. The van der Waals surface area contributed by atoms with Crippen molar-refractivity contribution in [2.75, 3.05) is 7.05 Å². The van der Waals surface area contributed by atoms with Crippen LogP contribution in [-0.4, -0.2) is 18.0 Å². The molecular formula is C16H25N. The lowest BCUT2D eigenvalue weighted by Gasteiger charge is -2.34. The van der Waals surface area contributed by atoms with Gasteiger partial charge in [0.05, 0.1) is 0 Å². The van der Waals surface area contributed by atoms with Crippen molar-refractivity contribution in [1.82, 2.24) is 4.90 Å². The zero-order valence-electron chi connectivity index (χ0n) is 11.2. The van der Waals surface area contributed by atoms with Crippen LogP contribution in [0.15, 0.2) is 30.3 Å². The van der Waals surface area contributed by atoms with Gasteiger partial charge in [0, 0.05) is 12.6 Å². The normalized spacial score (nSPS) is 25.1. The summed E-state index contributed by atoms with van der Waals surface area (Å²) in [4.78, 5) is 2.54. The lowest BCUT2D eigenvalue weighted by atomic mass is 9.84. The van der Waals surface area contributed by atoms with Gasteiger partial charge in [0.25, 0.3) is 0 Å². The molecule has 1 aromatic rings. The molecule has 0 unspecified atom stereocenters. The second kappa shape index (κ2) is 6.20. The summed E-state index contributed by atoms with van der Waals surface area (Å²) in [5.74, 6) is 0.997. The molecule has 0 amide bonds. The molecule has 1 nitrogen and oxygen atoms in total. The molecule has 0 atom stereocenters. The third-order valence-electron chi connectivity index (χ3n) is 4.29. The standard InChI is InChI=1S/C16H25N/c1-3-14-9-11-16(12-10-14)17(2)13-15-7-5-4-6-8-15/h4-8,14,16H,3,9-13H2,1-2H3. The van der Waals surface area contributed by atoms with E-state index in [4.69, 9.17) is 0 Å². The van der Waals surface area contributed by atoms with Crippen molar-refractivity contribution in [3.05, 3.63) is 35.9 Å². The first-order valence-corrected chi connectivity index (χ1v) is 7.03. The van der Waals surface area contributed by atoms with Crippen molar-refractivity contribution in [2.24, 2.45) is 5.92 Å². The van der Waals surface area contributed by atoms with Crippen LogP contribution >= 0.6 is 0 Å². The maximum atomic E-state index is 2.54. The molecule has 1 heteroatoms. The highest BCUT2D eigenvalue weighted by atomic mass is 15.1. The van der Waals surface area contributed by atoms with Gasteiger partial charge in [-0.05, 0) is 44.2 Å². The van der Waals surface area contributed by atoms with Crippen LogP contribution < -0.4 is 0 Å². The van der Waals surface area contributed by atoms with E-state index in [0.717, 1.165) is 18.5 Å². The molecule has 0 bridgehead atoms. The molecule has 2 rings (SSSR count). The molecule has 1 aromatic carbocycles. The van der Waals surface area contributed by atoms with Crippen LogP contribution in [0.5, 0.6) is 0 Å². The first-order chi connectivity index (χ1) is 8.29. The van der Waals surface area contributed by atoms with Gasteiger partial charge in [0.1, 0.15) is 0 Å². The highest BCUT2D eigenvalue weighted by molar-refractivity contribution is 5.14. The highest BCUT2D eigenvalue weighted by Gasteiger charge is 2.22. The summed E-state index contributed by atoms with van der Waals surface area (Å²) in [5.41, 5.74) is 1.44.